The molecule has 1 saturated heterocycles. The summed E-state index contributed by atoms with van der Waals surface area (Å²) in [5.74, 6) is -0.475. The van der Waals surface area contributed by atoms with Crippen LogP contribution in [0.2, 0.25) is 10.0 Å². The minimum absolute atomic E-state index is 0.168. The van der Waals surface area contributed by atoms with Crippen LogP contribution < -0.4 is 4.90 Å². The molecule has 0 aliphatic carbocycles. The van der Waals surface area contributed by atoms with Crippen LogP contribution >= 0.6 is 35.0 Å². The van der Waals surface area contributed by atoms with Crippen molar-refractivity contribution >= 4 is 52.5 Å². The van der Waals surface area contributed by atoms with Crippen LogP contribution in [0, 0.1) is 6.92 Å². The molecule has 6 heteroatoms. The van der Waals surface area contributed by atoms with Gasteiger partial charge in [0.1, 0.15) is 0 Å². The highest BCUT2D eigenvalue weighted by Gasteiger charge is 2.40. The number of hydrogen-bond acceptors (Lipinski definition) is 3. The van der Waals surface area contributed by atoms with Crippen LogP contribution in [0.1, 0.15) is 12.0 Å². The maximum atomic E-state index is 12.6. The number of carbonyl (C=O) groups is 2. The second-order valence-electron chi connectivity index (χ2n) is 5.32. The first-order chi connectivity index (χ1) is 10.9. The van der Waals surface area contributed by atoms with E-state index in [0.29, 0.717) is 15.7 Å². The Labute approximate surface area is 148 Å². The Morgan fingerprint density at radius 3 is 2.26 bits per heavy atom. The molecule has 3 rings (SSSR count). The molecule has 1 heterocycles. The van der Waals surface area contributed by atoms with Crippen molar-refractivity contribution in [2.24, 2.45) is 0 Å². The summed E-state index contributed by atoms with van der Waals surface area (Å²) in [6.45, 7) is 2.00. The number of halogens is 2. The van der Waals surface area contributed by atoms with Gasteiger partial charge in [0, 0.05) is 21.4 Å². The SMILES string of the molecule is Cc1ccc(S[C@H]2CC(=O)N(c3cc(Cl)cc(Cl)c3)C2=O)cc1. The van der Waals surface area contributed by atoms with Crippen LogP contribution in [0.4, 0.5) is 5.69 Å². The van der Waals surface area contributed by atoms with E-state index in [4.69, 9.17) is 23.2 Å². The van der Waals surface area contributed by atoms with E-state index < -0.39 is 5.25 Å². The van der Waals surface area contributed by atoms with Gasteiger partial charge in [-0.3, -0.25) is 9.59 Å². The summed E-state index contributed by atoms with van der Waals surface area (Å²) in [6, 6.07) is 12.6. The Morgan fingerprint density at radius 2 is 1.65 bits per heavy atom. The summed E-state index contributed by atoms with van der Waals surface area (Å²) in [5.41, 5.74) is 1.57. The lowest BCUT2D eigenvalue weighted by Crippen LogP contribution is -2.31. The van der Waals surface area contributed by atoms with E-state index in [-0.39, 0.29) is 18.2 Å². The highest BCUT2D eigenvalue weighted by atomic mass is 35.5. The summed E-state index contributed by atoms with van der Waals surface area (Å²) in [6.07, 6.45) is 0.168. The fourth-order valence-corrected chi connectivity index (χ4v) is 3.99. The predicted octanol–water partition coefficient (Wildman–Crippen LogP) is 4.73. The predicted molar refractivity (Wildman–Crippen MR) is 94.4 cm³/mol. The molecule has 0 saturated carbocycles. The van der Waals surface area contributed by atoms with Crippen molar-refractivity contribution in [1.29, 1.82) is 0 Å². The number of aryl methyl sites for hydroxylation is 1. The van der Waals surface area contributed by atoms with E-state index in [1.807, 2.05) is 31.2 Å². The summed E-state index contributed by atoms with van der Waals surface area (Å²) < 4.78 is 0. The average Bonchev–Trinajstić information content (AvgIpc) is 2.75. The number of imide groups is 1. The van der Waals surface area contributed by atoms with Gasteiger partial charge in [-0.15, -0.1) is 11.8 Å². The van der Waals surface area contributed by atoms with Crippen LogP contribution in [0.25, 0.3) is 0 Å². The number of amides is 2. The van der Waals surface area contributed by atoms with E-state index in [2.05, 4.69) is 0 Å². The molecule has 0 unspecified atom stereocenters. The molecule has 0 bridgehead atoms. The lowest BCUT2D eigenvalue weighted by Gasteiger charge is -2.15. The van der Waals surface area contributed by atoms with E-state index in [1.165, 1.54) is 16.7 Å². The molecule has 118 valence electrons. The molecular formula is C17H13Cl2NO2S. The Morgan fingerprint density at radius 1 is 1.04 bits per heavy atom. The van der Waals surface area contributed by atoms with Gasteiger partial charge in [-0.05, 0) is 37.3 Å². The van der Waals surface area contributed by atoms with Gasteiger partial charge in [0.25, 0.3) is 0 Å². The zero-order chi connectivity index (χ0) is 16.6. The zero-order valence-electron chi connectivity index (χ0n) is 12.3. The van der Waals surface area contributed by atoms with Gasteiger partial charge < -0.3 is 0 Å². The molecule has 1 fully saturated rings. The molecule has 0 N–H and O–H groups in total. The minimum atomic E-state index is -0.428. The number of benzene rings is 2. The first-order valence-corrected chi connectivity index (χ1v) is 8.64. The number of hydrogen-bond donors (Lipinski definition) is 0. The first-order valence-electron chi connectivity index (χ1n) is 7.00. The lowest BCUT2D eigenvalue weighted by molar-refractivity contribution is -0.121. The number of rotatable bonds is 3. The maximum Gasteiger partial charge on any atom is 0.247 e. The van der Waals surface area contributed by atoms with Crippen molar-refractivity contribution in [2.75, 3.05) is 4.90 Å². The molecule has 1 aliphatic rings. The second-order valence-corrected chi connectivity index (χ2v) is 7.47. The molecule has 0 aromatic heterocycles. The first kappa shape index (κ1) is 16.4. The monoisotopic (exact) mass is 365 g/mol. The summed E-state index contributed by atoms with van der Waals surface area (Å²) in [5, 5.41) is 0.355. The third-order valence-corrected chi connectivity index (χ3v) is 5.14. The summed E-state index contributed by atoms with van der Waals surface area (Å²) >= 11 is 13.3. The molecule has 1 aliphatic heterocycles. The molecule has 3 nitrogen and oxygen atoms in total. The number of nitrogens with zero attached hydrogens (tertiary/aromatic N) is 1. The molecule has 23 heavy (non-hydrogen) atoms. The number of carbonyl (C=O) groups excluding carboxylic acids is 2. The third kappa shape index (κ3) is 3.55. The van der Waals surface area contributed by atoms with E-state index in [0.717, 1.165) is 10.5 Å². The quantitative estimate of drug-likeness (QED) is 0.738. The molecule has 2 aromatic carbocycles. The molecule has 2 aromatic rings. The molecular weight excluding hydrogens is 353 g/mol. The smallest absolute Gasteiger partial charge is 0.247 e. The van der Waals surface area contributed by atoms with Gasteiger partial charge in [-0.2, -0.15) is 0 Å². The van der Waals surface area contributed by atoms with Gasteiger partial charge in [0.2, 0.25) is 11.8 Å². The van der Waals surface area contributed by atoms with Crippen LogP contribution in [0.15, 0.2) is 47.4 Å². The van der Waals surface area contributed by atoms with Crippen LogP contribution in [-0.4, -0.2) is 17.1 Å². The second kappa shape index (κ2) is 6.56. The van der Waals surface area contributed by atoms with Crippen molar-refractivity contribution in [3.63, 3.8) is 0 Å². The maximum absolute atomic E-state index is 12.6. The Bertz CT molecular complexity index is 756. The lowest BCUT2D eigenvalue weighted by atomic mass is 10.2. The normalized spacial score (nSPS) is 17.9. The van der Waals surface area contributed by atoms with Crippen molar-refractivity contribution in [3.05, 3.63) is 58.1 Å². The van der Waals surface area contributed by atoms with Crippen molar-refractivity contribution in [3.8, 4) is 0 Å². The Kier molecular flexibility index (Phi) is 4.67. The van der Waals surface area contributed by atoms with Gasteiger partial charge >= 0.3 is 0 Å². The summed E-state index contributed by atoms with van der Waals surface area (Å²) in [7, 11) is 0. The van der Waals surface area contributed by atoms with Gasteiger partial charge in [0.15, 0.2) is 0 Å². The van der Waals surface area contributed by atoms with Crippen LogP contribution in [0.3, 0.4) is 0 Å². The van der Waals surface area contributed by atoms with Gasteiger partial charge in [0.05, 0.1) is 10.9 Å². The van der Waals surface area contributed by atoms with Gasteiger partial charge in [-0.25, -0.2) is 4.90 Å². The number of thioether (sulfide) groups is 1. The topological polar surface area (TPSA) is 37.4 Å². The number of anilines is 1. The molecule has 0 radical (unpaired) electrons. The Balaban J connectivity index is 1.83. The Hall–Kier alpha value is -1.49. The highest BCUT2D eigenvalue weighted by Crippen LogP contribution is 2.35. The largest absolute Gasteiger partial charge is 0.274 e. The summed E-state index contributed by atoms with van der Waals surface area (Å²) in [4.78, 5) is 27.0. The van der Waals surface area contributed by atoms with E-state index in [1.54, 1.807) is 18.2 Å². The van der Waals surface area contributed by atoms with Crippen molar-refractivity contribution in [1.82, 2.24) is 0 Å². The molecule has 1 atom stereocenters. The van der Waals surface area contributed by atoms with E-state index in [9.17, 15) is 9.59 Å². The van der Waals surface area contributed by atoms with Crippen molar-refractivity contribution < 1.29 is 9.59 Å². The third-order valence-electron chi connectivity index (χ3n) is 3.51. The van der Waals surface area contributed by atoms with E-state index >= 15 is 0 Å². The standard InChI is InChI=1S/C17H13Cl2NO2S/c1-10-2-4-14(5-3-10)23-15-9-16(21)20(17(15)22)13-7-11(18)6-12(19)8-13/h2-8,15H,9H2,1H3/t15-/m0/s1. The molecule has 2 amide bonds. The fraction of sp³-hybridized carbons (Fsp3) is 0.176. The zero-order valence-corrected chi connectivity index (χ0v) is 14.6. The van der Waals surface area contributed by atoms with Crippen LogP contribution in [-0.2, 0) is 9.59 Å². The van der Waals surface area contributed by atoms with Crippen molar-refractivity contribution in [2.45, 2.75) is 23.5 Å². The molecule has 0 spiro atoms. The van der Waals surface area contributed by atoms with Crippen LogP contribution in [0.5, 0.6) is 0 Å². The fourth-order valence-electron chi connectivity index (χ4n) is 2.42. The highest BCUT2D eigenvalue weighted by molar-refractivity contribution is 8.00. The average molecular weight is 366 g/mol. The minimum Gasteiger partial charge on any atom is -0.274 e. The van der Waals surface area contributed by atoms with Gasteiger partial charge in [-0.1, -0.05) is 40.9 Å².